The summed E-state index contributed by atoms with van der Waals surface area (Å²) in [5, 5.41) is 16.3. The van der Waals surface area contributed by atoms with Crippen molar-refractivity contribution in [2.45, 2.75) is 19.8 Å². The molecular weight excluding hydrogens is 358 g/mol. The van der Waals surface area contributed by atoms with Crippen molar-refractivity contribution in [2.75, 3.05) is 31.6 Å². The molecule has 0 spiro atoms. The highest BCUT2D eigenvalue weighted by atomic mass is 16.5. The zero-order valence-corrected chi connectivity index (χ0v) is 15.8. The van der Waals surface area contributed by atoms with Crippen LogP contribution in [0, 0.1) is 17.2 Å². The van der Waals surface area contributed by atoms with E-state index in [0.29, 0.717) is 24.9 Å². The summed E-state index contributed by atoms with van der Waals surface area (Å²) < 4.78 is 6.53. The average molecular weight is 381 g/mol. The van der Waals surface area contributed by atoms with Crippen molar-refractivity contribution < 1.29 is 14.3 Å². The van der Waals surface area contributed by atoms with Crippen molar-refractivity contribution in [1.82, 2.24) is 14.7 Å². The number of anilines is 1. The van der Waals surface area contributed by atoms with Crippen LogP contribution in [0.2, 0.25) is 0 Å². The fraction of sp³-hybridized carbons (Fsp3) is 0.400. The molecule has 0 saturated heterocycles. The van der Waals surface area contributed by atoms with Crippen LogP contribution in [-0.4, -0.2) is 52.8 Å². The van der Waals surface area contributed by atoms with E-state index in [1.807, 2.05) is 36.4 Å². The van der Waals surface area contributed by atoms with Gasteiger partial charge in [-0.05, 0) is 37.8 Å². The normalized spacial score (nSPS) is 13.2. The first-order chi connectivity index (χ1) is 13.6. The van der Waals surface area contributed by atoms with E-state index in [0.717, 1.165) is 18.5 Å². The molecular formula is C20H23N5O3. The molecule has 1 amide bonds. The number of amides is 1. The number of ether oxygens (including phenoxy) is 1. The van der Waals surface area contributed by atoms with Crippen molar-refractivity contribution in [3.8, 4) is 11.8 Å². The highest BCUT2D eigenvalue weighted by molar-refractivity contribution is 5.93. The van der Waals surface area contributed by atoms with Crippen molar-refractivity contribution in [1.29, 1.82) is 5.26 Å². The largest absolute Gasteiger partial charge is 0.465 e. The third-order valence-electron chi connectivity index (χ3n) is 4.39. The van der Waals surface area contributed by atoms with E-state index < -0.39 is 0 Å². The Morgan fingerprint density at radius 1 is 1.32 bits per heavy atom. The molecule has 2 aromatic rings. The maximum absolute atomic E-state index is 12.7. The summed E-state index contributed by atoms with van der Waals surface area (Å²) in [6, 6.07) is 11.3. The van der Waals surface area contributed by atoms with Gasteiger partial charge < -0.3 is 10.1 Å². The van der Waals surface area contributed by atoms with E-state index in [9.17, 15) is 14.9 Å². The number of carbonyl (C=O) groups excluding carboxylic acids is 2. The molecule has 1 aromatic carbocycles. The minimum absolute atomic E-state index is 0.0418. The second kappa shape index (κ2) is 9.15. The molecule has 0 unspecified atom stereocenters. The standard InChI is InChI=1S/C20H23N5O3/c1-2-28-19(27)14-24(12-15-8-9-15)13-18(26)23-20-16(10-21)11-22-25(20)17-6-4-3-5-7-17/h3-7,11,15H,2,8-9,12-14H2,1H3,(H,23,26). The Kier molecular flexibility index (Phi) is 6.40. The third-order valence-corrected chi connectivity index (χ3v) is 4.39. The minimum Gasteiger partial charge on any atom is -0.465 e. The Bertz CT molecular complexity index is 868. The van der Waals surface area contributed by atoms with E-state index in [1.165, 1.54) is 10.9 Å². The lowest BCUT2D eigenvalue weighted by Crippen LogP contribution is -2.39. The molecule has 1 saturated carbocycles. The van der Waals surface area contributed by atoms with Crippen LogP contribution in [0.25, 0.3) is 5.69 Å². The first-order valence-electron chi connectivity index (χ1n) is 9.32. The Labute approximate surface area is 163 Å². The van der Waals surface area contributed by atoms with Gasteiger partial charge in [-0.3, -0.25) is 14.5 Å². The van der Waals surface area contributed by atoms with E-state index in [4.69, 9.17) is 4.74 Å². The van der Waals surface area contributed by atoms with Gasteiger partial charge in [0.05, 0.1) is 31.6 Å². The minimum atomic E-state index is -0.344. The lowest BCUT2D eigenvalue weighted by atomic mass is 10.3. The molecule has 8 heteroatoms. The number of aromatic nitrogens is 2. The van der Waals surface area contributed by atoms with Gasteiger partial charge in [0.2, 0.25) is 5.91 Å². The molecule has 8 nitrogen and oxygen atoms in total. The number of rotatable bonds is 9. The Balaban J connectivity index is 1.71. The number of para-hydroxylation sites is 1. The molecule has 0 radical (unpaired) electrons. The molecule has 146 valence electrons. The quantitative estimate of drug-likeness (QED) is 0.667. The summed E-state index contributed by atoms with van der Waals surface area (Å²) >= 11 is 0. The Morgan fingerprint density at radius 2 is 2.07 bits per heavy atom. The summed E-state index contributed by atoms with van der Waals surface area (Å²) in [5.74, 6) is 0.190. The number of benzene rings is 1. The number of nitrogens with one attached hydrogen (secondary N) is 1. The van der Waals surface area contributed by atoms with Crippen LogP contribution in [0.4, 0.5) is 5.82 Å². The Morgan fingerprint density at radius 3 is 2.71 bits per heavy atom. The van der Waals surface area contributed by atoms with Gasteiger partial charge in [-0.15, -0.1) is 0 Å². The van der Waals surface area contributed by atoms with E-state index >= 15 is 0 Å². The molecule has 3 rings (SSSR count). The summed E-state index contributed by atoms with van der Waals surface area (Å²) in [6.07, 6.45) is 3.64. The first-order valence-corrected chi connectivity index (χ1v) is 9.32. The van der Waals surface area contributed by atoms with Crippen LogP contribution >= 0.6 is 0 Å². The third kappa shape index (κ3) is 5.18. The smallest absolute Gasteiger partial charge is 0.320 e. The van der Waals surface area contributed by atoms with Gasteiger partial charge in [0, 0.05) is 6.54 Å². The molecule has 0 aliphatic heterocycles. The van der Waals surface area contributed by atoms with Gasteiger partial charge in [0.1, 0.15) is 11.6 Å². The van der Waals surface area contributed by atoms with Crippen molar-refractivity contribution in [3.05, 3.63) is 42.1 Å². The Hall–Kier alpha value is -3.18. The molecule has 1 aliphatic carbocycles. The zero-order valence-electron chi connectivity index (χ0n) is 15.8. The van der Waals surface area contributed by atoms with Gasteiger partial charge in [-0.2, -0.15) is 10.4 Å². The molecule has 0 bridgehead atoms. The highest BCUT2D eigenvalue weighted by Gasteiger charge is 2.27. The second-order valence-corrected chi connectivity index (χ2v) is 6.73. The number of hydrogen-bond acceptors (Lipinski definition) is 6. The molecule has 1 aromatic heterocycles. The molecule has 1 heterocycles. The fourth-order valence-electron chi connectivity index (χ4n) is 2.93. The first kappa shape index (κ1) is 19.6. The highest BCUT2D eigenvalue weighted by Crippen LogP contribution is 2.29. The maximum Gasteiger partial charge on any atom is 0.320 e. The van der Waals surface area contributed by atoms with Crippen LogP contribution in [0.15, 0.2) is 36.5 Å². The molecule has 0 atom stereocenters. The number of carbonyl (C=O) groups is 2. The van der Waals surface area contributed by atoms with Crippen LogP contribution in [-0.2, 0) is 14.3 Å². The van der Waals surface area contributed by atoms with Crippen LogP contribution in [0.3, 0.4) is 0 Å². The summed E-state index contributed by atoms with van der Waals surface area (Å²) in [5.41, 5.74) is 1.01. The number of esters is 1. The molecule has 1 N–H and O–H groups in total. The van der Waals surface area contributed by atoms with Gasteiger partial charge in [0.15, 0.2) is 5.82 Å². The van der Waals surface area contributed by atoms with Gasteiger partial charge in [0.25, 0.3) is 0 Å². The van der Waals surface area contributed by atoms with E-state index in [2.05, 4.69) is 10.4 Å². The SMILES string of the molecule is CCOC(=O)CN(CC(=O)Nc1c(C#N)cnn1-c1ccccc1)CC1CC1. The lowest BCUT2D eigenvalue weighted by Gasteiger charge is -2.20. The second-order valence-electron chi connectivity index (χ2n) is 6.73. The van der Waals surface area contributed by atoms with Gasteiger partial charge in [-0.1, -0.05) is 18.2 Å². The van der Waals surface area contributed by atoms with Crippen molar-refractivity contribution in [2.24, 2.45) is 5.92 Å². The van der Waals surface area contributed by atoms with Crippen LogP contribution < -0.4 is 5.32 Å². The van der Waals surface area contributed by atoms with Crippen molar-refractivity contribution >= 4 is 17.7 Å². The fourth-order valence-corrected chi connectivity index (χ4v) is 2.93. The topological polar surface area (TPSA) is 100 Å². The summed E-state index contributed by atoms with van der Waals surface area (Å²) in [4.78, 5) is 26.3. The van der Waals surface area contributed by atoms with E-state index in [1.54, 1.807) is 11.8 Å². The zero-order chi connectivity index (χ0) is 19.9. The summed E-state index contributed by atoms with van der Waals surface area (Å²) in [7, 11) is 0. The number of nitrogens with zero attached hydrogens (tertiary/aromatic N) is 4. The summed E-state index contributed by atoms with van der Waals surface area (Å²) in [6.45, 7) is 2.85. The van der Waals surface area contributed by atoms with Gasteiger partial charge in [-0.25, -0.2) is 4.68 Å². The maximum atomic E-state index is 12.7. The van der Waals surface area contributed by atoms with Gasteiger partial charge >= 0.3 is 5.97 Å². The molecule has 28 heavy (non-hydrogen) atoms. The van der Waals surface area contributed by atoms with E-state index in [-0.39, 0.29) is 30.5 Å². The predicted octanol–water partition coefficient (Wildman–Crippen LogP) is 1.96. The monoisotopic (exact) mass is 381 g/mol. The van der Waals surface area contributed by atoms with Crippen molar-refractivity contribution in [3.63, 3.8) is 0 Å². The van der Waals surface area contributed by atoms with Crippen LogP contribution in [0.1, 0.15) is 25.3 Å². The van der Waals surface area contributed by atoms with Crippen LogP contribution in [0.5, 0.6) is 0 Å². The number of hydrogen-bond donors (Lipinski definition) is 1. The number of nitriles is 1. The lowest BCUT2D eigenvalue weighted by molar-refractivity contribution is -0.144. The average Bonchev–Trinajstić information content (AvgIpc) is 3.40. The molecule has 1 aliphatic rings. The predicted molar refractivity (Wildman–Crippen MR) is 103 cm³/mol. The molecule has 1 fully saturated rings.